The lowest BCUT2D eigenvalue weighted by Gasteiger charge is -2.05. The number of phenols is 1. The highest BCUT2D eigenvalue weighted by atomic mass is 16.3. The van der Waals surface area contributed by atoms with Gasteiger partial charge in [0.2, 0.25) is 0 Å². The van der Waals surface area contributed by atoms with Gasteiger partial charge in [0.05, 0.1) is 5.56 Å². The van der Waals surface area contributed by atoms with Gasteiger partial charge in [-0.3, -0.25) is 4.79 Å². The fraction of sp³-hybridized carbons (Fsp3) is 0. The summed E-state index contributed by atoms with van der Waals surface area (Å²) >= 11 is 0. The molecule has 0 saturated carbocycles. The maximum absolute atomic E-state index is 12.1. The number of benzene rings is 2. The minimum absolute atomic E-state index is 0.127. The zero-order chi connectivity index (χ0) is 12.4. The van der Waals surface area contributed by atoms with Gasteiger partial charge in [0.1, 0.15) is 5.75 Å². The second-order valence-corrected chi connectivity index (χ2v) is 3.73. The Hall–Kier alpha value is -2.49. The Bertz CT molecular complexity index is 579. The first-order chi connectivity index (χ1) is 8.08. The minimum atomic E-state index is -0.283. The van der Waals surface area contributed by atoms with E-state index in [0.29, 0.717) is 16.9 Å². The fourth-order valence-corrected chi connectivity index (χ4v) is 1.58. The van der Waals surface area contributed by atoms with Crippen LogP contribution in [0.5, 0.6) is 5.75 Å². The monoisotopic (exact) mass is 228 g/mol. The molecular formula is C13H12N2O2. The van der Waals surface area contributed by atoms with Gasteiger partial charge < -0.3 is 16.6 Å². The predicted molar refractivity (Wildman–Crippen MR) is 66.8 cm³/mol. The van der Waals surface area contributed by atoms with Crippen LogP contribution in [0.2, 0.25) is 0 Å². The van der Waals surface area contributed by atoms with Crippen molar-refractivity contribution in [1.29, 1.82) is 0 Å². The lowest BCUT2D eigenvalue weighted by atomic mass is 10.0. The van der Waals surface area contributed by atoms with Crippen molar-refractivity contribution in [2.75, 3.05) is 11.5 Å². The predicted octanol–water partition coefficient (Wildman–Crippen LogP) is 1.79. The number of nitrogens with two attached hydrogens (primary N) is 2. The topological polar surface area (TPSA) is 89.3 Å². The van der Waals surface area contributed by atoms with E-state index in [2.05, 4.69) is 0 Å². The Morgan fingerprint density at radius 1 is 1.00 bits per heavy atom. The molecule has 17 heavy (non-hydrogen) atoms. The van der Waals surface area contributed by atoms with E-state index in [9.17, 15) is 9.90 Å². The summed E-state index contributed by atoms with van der Waals surface area (Å²) < 4.78 is 0. The maximum atomic E-state index is 12.1. The molecule has 0 radical (unpaired) electrons. The highest BCUT2D eigenvalue weighted by Gasteiger charge is 2.13. The zero-order valence-electron chi connectivity index (χ0n) is 9.05. The molecule has 0 atom stereocenters. The van der Waals surface area contributed by atoms with Gasteiger partial charge in [-0.1, -0.05) is 12.1 Å². The molecule has 0 aliphatic heterocycles. The lowest BCUT2D eigenvalue weighted by molar-refractivity contribution is 0.103. The molecule has 2 aromatic rings. The van der Waals surface area contributed by atoms with E-state index in [-0.39, 0.29) is 17.1 Å². The summed E-state index contributed by atoms with van der Waals surface area (Å²) in [5.41, 5.74) is 12.7. The maximum Gasteiger partial charge on any atom is 0.196 e. The molecule has 5 N–H and O–H groups in total. The molecule has 0 unspecified atom stereocenters. The van der Waals surface area contributed by atoms with Gasteiger partial charge in [0, 0.05) is 23.0 Å². The molecule has 2 aromatic carbocycles. The summed E-state index contributed by atoms with van der Waals surface area (Å²) in [5.74, 6) is -0.410. The second kappa shape index (κ2) is 4.17. The van der Waals surface area contributed by atoms with Crippen LogP contribution in [0.25, 0.3) is 0 Å². The van der Waals surface area contributed by atoms with Crippen LogP contribution in [0.1, 0.15) is 15.9 Å². The van der Waals surface area contributed by atoms with Crippen LogP contribution in [0.3, 0.4) is 0 Å². The molecule has 4 heteroatoms. The lowest BCUT2D eigenvalue weighted by Crippen LogP contribution is -2.03. The number of hydrogen-bond donors (Lipinski definition) is 3. The van der Waals surface area contributed by atoms with Gasteiger partial charge in [-0.15, -0.1) is 0 Å². The first-order valence-corrected chi connectivity index (χ1v) is 5.06. The molecule has 2 rings (SSSR count). The Labute approximate surface area is 98.5 Å². The van der Waals surface area contributed by atoms with Gasteiger partial charge in [-0.2, -0.15) is 0 Å². The van der Waals surface area contributed by atoms with E-state index < -0.39 is 0 Å². The van der Waals surface area contributed by atoms with Crippen molar-refractivity contribution in [3.05, 3.63) is 53.6 Å². The smallest absolute Gasteiger partial charge is 0.196 e. The summed E-state index contributed by atoms with van der Waals surface area (Å²) in [6.45, 7) is 0. The molecule has 0 heterocycles. The highest BCUT2D eigenvalue weighted by molar-refractivity contribution is 6.11. The molecule has 0 amide bonds. The van der Waals surface area contributed by atoms with E-state index >= 15 is 0 Å². The van der Waals surface area contributed by atoms with Crippen LogP contribution in [0, 0.1) is 0 Å². The summed E-state index contributed by atoms with van der Waals surface area (Å²) in [4.78, 5) is 12.1. The van der Waals surface area contributed by atoms with E-state index in [1.165, 1.54) is 12.1 Å². The zero-order valence-corrected chi connectivity index (χ0v) is 9.05. The third kappa shape index (κ3) is 2.20. The van der Waals surface area contributed by atoms with Crippen molar-refractivity contribution in [3.63, 3.8) is 0 Å². The van der Waals surface area contributed by atoms with E-state index in [1.54, 1.807) is 30.3 Å². The summed E-state index contributed by atoms with van der Waals surface area (Å²) in [6, 6.07) is 11.0. The number of ketones is 1. The number of nitrogen functional groups attached to an aromatic ring is 2. The van der Waals surface area contributed by atoms with Crippen molar-refractivity contribution in [2.45, 2.75) is 0 Å². The van der Waals surface area contributed by atoms with E-state index in [4.69, 9.17) is 11.5 Å². The van der Waals surface area contributed by atoms with Crippen molar-refractivity contribution in [1.82, 2.24) is 0 Å². The first kappa shape index (κ1) is 11.0. The minimum Gasteiger partial charge on any atom is -0.507 e. The number of carbonyl (C=O) groups excluding carboxylic acids is 1. The van der Waals surface area contributed by atoms with Gasteiger partial charge in [-0.25, -0.2) is 0 Å². The number of anilines is 2. The molecular weight excluding hydrogens is 216 g/mol. The van der Waals surface area contributed by atoms with Crippen LogP contribution < -0.4 is 11.5 Å². The van der Waals surface area contributed by atoms with Gasteiger partial charge in [0.15, 0.2) is 5.78 Å². The fourth-order valence-electron chi connectivity index (χ4n) is 1.58. The number of hydrogen-bond acceptors (Lipinski definition) is 4. The summed E-state index contributed by atoms with van der Waals surface area (Å²) in [5, 5.41) is 9.66. The SMILES string of the molecule is Nc1cccc(C(=O)c2ccc(N)cc2O)c1. The van der Waals surface area contributed by atoms with Crippen molar-refractivity contribution in [2.24, 2.45) is 0 Å². The van der Waals surface area contributed by atoms with Crippen LogP contribution >= 0.6 is 0 Å². The van der Waals surface area contributed by atoms with Crippen LogP contribution in [-0.2, 0) is 0 Å². The Morgan fingerprint density at radius 3 is 2.35 bits per heavy atom. The summed E-state index contributed by atoms with van der Waals surface area (Å²) in [6.07, 6.45) is 0. The van der Waals surface area contributed by atoms with E-state index in [0.717, 1.165) is 0 Å². The third-order valence-electron chi connectivity index (χ3n) is 2.42. The molecule has 0 aliphatic rings. The number of phenolic OH excluding ortho intramolecular Hbond substituents is 1. The van der Waals surface area contributed by atoms with Crippen molar-refractivity contribution in [3.8, 4) is 5.75 Å². The summed E-state index contributed by atoms with van der Waals surface area (Å²) in [7, 11) is 0. The third-order valence-corrected chi connectivity index (χ3v) is 2.42. The average Bonchev–Trinajstić information content (AvgIpc) is 2.28. The van der Waals surface area contributed by atoms with E-state index in [1.807, 2.05) is 0 Å². The number of carbonyl (C=O) groups is 1. The van der Waals surface area contributed by atoms with Crippen LogP contribution in [-0.4, -0.2) is 10.9 Å². The first-order valence-electron chi connectivity index (χ1n) is 5.06. The van der Waals surface area contributed by atoms with Crippen molar-refractivity contribution < 1.29 is 9.90 Å². The Morgan fingerprint density at radius 2 is 1.71 bits per heavy atom. The van der Waals surface area contributed by atoms with Gasteiger partial charge in [0.25, 0.3) is 0 Å². The quantitative estimate of drug-likeness (QED) is 0.540. The Kier molecular flexibility index (Phi) is 2.70. The molecule has 0 spiro atoms. The average molecular weight is 228 g/mol. The molecule has 0 bridgehead atoms. The molecule has 0 aliphatic carbocycles. The van der Waals surface area contributed by atoms with Crippen LogP contribution in [0.4, 0.5) is 11.4 Å². The molecule has 0 aromatic heterocycles. The Balaban J connectivity index is 2.44. The van der Waals surface area contributed by atoms with Crippen LogP contribution in [0.15, 0.2) is 42.5 Å². The highest BCUT2D eigenvalue weighted by Crippen LogP contribution is 2.23. The van der Waals surface area contributed by atoms with Gasteiger partial charge in [-0.05, 0) is 24.3 Å². The standard InChI is InChI=1S/C13H12N2O2/c14-9-3-1-2-8(6-9)13(17)11-5-4-10(15)7-12(11)16/h1-7,16H,14-15H2. The normalized spacial score (nSPS) is 10.1. The molecule has 86 valence electrons. The largest absolute Gasteiger partial charge is 0.507 e. The molecule has 0 saturated heterocycles. The molecule has 0 fully saturated rings. The van der Waals surface area contributed by atoms with Gasteiger partial charge >= 0.3 is 0 Å². The number of rotatable bonds is 2. The second-order valence-electron chi connectivity index (χ2n) is 3.73. The van der Waals surface area contributed by atoms with Crippen molar-refractivity contribution >= 4 is 17.2 Å². The number of aromatic hydroxyl groups is 1. The molecule has 4 nitrogen and oxygen atoms in total.